The first-order valence-corrected chi connectivity index (χ1v) is 11.9. The summed E-state index contributed by atoms with van der Waals surface area (Å²) < 4.78 is 69.2. The molecule has 0 aliphatic rings. The second kappa shape index (κ2) is 9.82. The van der Waals surface area contributed by atoms with Gasteiger partial charge in [-0.2, -0.15) is 13.2 Å². The molecule has 1 amide bonds. The number of hydrogen-bond donors (Lipinski definition) is 1. The van der Waals surface area contributed by atoms with Crippen molar-refractivity contribution in [1.29, 1.82) is 0 Å². The van der Waals surface area contributed by atoms with Gasteiger partial charge in [-0.15, -0.1) is 0 Å². The summed E-state index contributed by atoms with van der Waals surface area (Å²) in [6, 6.07) is 14.0. The van der Waals surface area contributed by atoms with E-state index in [1.807, 2.05) is 0 Å². The number of nitrogens with one attached hydrogen (secondary N) is 1. The number of halogens is 3. The molecule has 0 spiro atoms. The van der Waals surface area contributed by atoms with Gasteiger partial charge in [0.05, 0.1) is 10.5 Å². The molecule has 0 aliphatic carbocycles. The average Bonchev–Trinajstić information content (AvgIpc) is 3.19. The molecule has 1 heterocycles. The smallest absolute Gasteiger partial charge is 0.416 e. The molecule has 0 atom stereocenters. The monoisotopic (exact) mass is 479 g/mol. The van der Waals surface area contributed by atoms with Crippen LogP contribution in [0.15, 0.2) is 70.0 Å². The van der Waals surface area contributed by atoms with Crippen molar-refractivity contribution in [2.45, 2.75) is 43.6 Å². The first-order chi connectivity index (χ1) is 15.4. The first kappa shape index (κ1) is 24.6. The molecule has 33 heavy (non-hydrogen) atoms. The van der Waals surface area contributed by atoms with Gasteiger partial charge in [0.1, 0.15) is 11.5 Å². The van der Waals surface area contributed by atoms with Gasteiger partial charge in [0.15, 0.2) is 15.6 Å². The Bertz CT molecular complexity index is 1210. The average molecular weight is 480 g/mol. The van der Waals surface area contributed by atoms with Crippen LogP contribution < -0.4 is 5.32 Å². The van der Waals surface area contributed by atoms with Gasteiger partial charge in [0.25, 0.3) is 5.91 Å². The lowest BCUT2D eigenvalue weighted by Crippen LogP contribution is -2.22. The van der Waals surface area contributed by atoms with Crippen LogP contribution in [-0.2, 0) is 34.7 Å². The number of carbonyl (C=O) groups excluding carboxylic acids is 1. The highest BCUT2D eigenvalue weighted by atomic mass is 32.2. The summed E-state index contributed by atoms with van der Waals surface area (Å²) >= 11 is 0. The van der Waals surface area contributed by atoms with Gasteiger partial charge in [0, 0.05) is 6.54 Å². The van der Waals surface area contributed by atoms with Gasteiger partial charge in [0.2, 0.25) is 0 Å². The van der Waals surface area contributed by atoms with Gasteiger partial charge in [-0.05, 0) is 59.9 Å². The third-order valence-corrected chi connectivity index (χ3v) is 6.51. The molecular formula is C24H24F3NO4S. The van der Waals surface area contributed by atoms with E-state index in [4.69, 9.17) is 4.42 Å². The van der Waals surface area contributed by atoms with E-state index in [2.05, 4.69) is 19.2 Å². The van der Waals surface area contributed by atoms with Crippen molar-refractivity contribution in [3.05, 3.63) is 88.9 Å². The molecule has 0 unspecified atom stereocenters. The van der Waals surface area contributed by atoms with Crippen LogP contribution >= 0.6 is 0 Å². The quantitative estimate of drug-likeness (QED) is 0.469. The van der Waals surface area contributed by atoms with Crippen LogP contribution in [0, 0.1) is 5.92 Å². The maximum atomic E-state index is 12.8. The lowest BCUT2D eigenvalue weighted by molar-refractivity contribution is -0.137. The molecule has 0 aliphatic heterocycles. The van der Waals surface area contributed by atoms with Crippen molar-refractivity contribution < 1.29 is 30.8 Å². The minimum Gasteiger partial charge on any atom is -0.455 e. The highest BCUT2D eigenvalue weighted by Crippen LogP contribution is 2.29. The summed E-state index contributed by atoms with van der Waals surface area (Å²) in [6.07, 6.45) is -3.63. The number of furan rings is 1. The van der Waals surface area contributed by atoms with E-state index < -0.39 is 33.2 Å². The van der Waals surface area contributed by atoms with E-state index >= 15 is 0 Å². The van der Waals surface area contributed by atoms with Gasteiger partial charge in [-0.25, -0.2) is 8.42 Å². The molecule has 3 rings (SSSR count). The Balaban J connectivity index is 1.62. The third-order valence-electron chi connectivity index (χ3n) is 4.85. The van der Waals surface area contributed by atoms with Crippen LogP contribution in [0.25, 0.3) is 0 Å². The van der Waals surface area contributed by atoms with E-state index in [9.17, 15) is 26.4 Å². The Morgan fingerprint density at radius 2 is 1.70 bits per heavy atom. The largest absolute Gasteiger partial charge is 0.455 e. The Kier molecular flexibility index (Phi) is 7.31. The lowest BCUT2D eigenvalue weighted by Gasteiger charge is -2.09. The van der Waals surface area contributed by atoms with Crippen LogP contribution in [-0.4, -0.2) is 14.3 Å². The second-order valence-electron chi connectivity index (χ2n) is 8.15. The number of amides is 1. The highest BCUT2D eigenvalue weighted by molar-refractivity contribution is 7.90. The number of carbonyl (C=O) groups is 1. The highest BCUT2D eigenvalue weighted by Gasteiger charge is 2.30. The van der Waals surface area contributed by atoms with Gasteiger partial charge in [-0.1, -0.05) is 38.1 Å². The molecule has 9 heteroatoms. The number of alkyl halides is 3. The van der Waals surface area contributed by atoms with Gasteiger partial charge < -0.3 is 9.73 Å². The van der Waals surface area contributed by atoms with Crippen molar-refractivity contribution in [2.75, 3.05) is 0 Å². The minimum absolute atomic E-state index is 0.0884. The van der Waals surface area contributed by atoms with Gasteiger partial charge in [-0.3, -0.25) is 4.79 Å². The summed E-state index contributed by atoms with van der Waals surface area (Å²) in [4.78, 5) is 12.5. The number of rotatable bonds is 8. The molecule has 0 fully saturated rings. The molecule has 0 saturated carbocycles. The van der Waals surface area contributed by atoms with E-state index in [1.165, 1.54) is 24.3 Å². The fourth-order valence-electron chi connectivity index (χ4n) is 3.28. The molecule has 5 nitrogen and oxygen atoms in total. The predicted molar refractivity (Wildman–Crippen MR) is 117 cm³/mol. The molecule has 3 aromatic rings. The lowest BCUT2D eigenvalue weighted by atomic mass is 10.0. The summed E-state index contributed by atoms with van der Waals surface area (Å²) in [5, 5.41) is 2.47. The topological polar surface area (TPSA) is 76.4 Å². The fraction of sp³-hybridized carbons (Fsp3) is 0.292. The Labute approximate surface area is 190 Å². The number of hydrogen-bond acceptors (Lipinski definition) is 4. The molecule has 1 N–H and O–H groups in total. The first-order valence-electron chi connectivity index (χ1n) is 10.3. The molecule has 176 valence electrons. The van der Waals surface area contributed by atoms with Gasteiger partial charge >= 0.3 is 6.18 Å². The Morgan fingerprint density at radius 1 is 1.00 bits per heavy atom. The number of sulfone groups is 1. The van der Waals surface area contributed by atoms with Crippen molar-refractivity contribution in [3.63, 3.8) is 0 Å². The molecule has 2 aromatic carbocycles. The van der Waals surface area contributed by atoms with E-state index in [0.717, 1.165) is 24.1 Å². The van der Waals surface area contributed by atoms with Crippen LogP contribution in [0.1, 0.15) is 46.9 Å². The van der Waals surface area contributed by atoms with Crippen LogP contribution in [0.4, 0.5) is 13.2 Å². The second-order valence-corrected chi connectivity index (χ2v) is 10.1. The third kappa shape index (κ3) is 6.71. The fourth-order valence-corrected chi connectivity index (χ4v) is 4.53. The van der Waals surface area contributed by atoms with E-state index in [1.54, 1.807) is 24.3 Å². The van der Waals surface area contributed by atoms with Crippen molar-refractivity contribution in [1.82, 2.24) is 5.32 Å². The van der Waals surface area contributed by atoms with Crippen LogP contribution in [0.5, 0.6) is 0 Å². The van der Waals surface area contributed by atoms with Crippen molar-refractivity contribution >= 4 is 15.7 Å². The predicted octanol–water partition coefficient (Wildman–Crippen LogP) is 5.40. The molecule has 0 radical (unpaired) electrons. The maximum absolute atomic E-state index is 12.8. The summed E-state index contributed by atoms with van der Waals surface area (Å²) in [5.41, 5.74) is 0.507. The Hall–Kier alpha value is -3.07. The summed E-state index contributed by atoms with van der Waals surface area (Å²) in [6.45, 7) is 4.02. The zero-order valence-corrected chi connectivity index (χ0v) is 19.0. The van der Waals surface area contributed by atoms with E-state index in [-0.39, 0.29) is 28.5 Å². The zero-order valence-electron chi connectivity index (χ0n) is 18.1. The minimum atomic E-state index is -4.48. The van der Waals surface area contributed by atoms with Crippen LogP contribution in [0.2, 0.25) is 0 Å². The molecular weight excluding hydrogens is 455 g/mol. The van der Waals surface area contributed by atoms with Crippen molar-refractivity contribution in [3.8, 4) is 0 Å². The van der Waals surface area contributed by atoms with E-state index in [0.29, 0.717) is 5.92 Å². The van der Waals surface area contributed by atoms with Crippen LogP contribution in [0.3, 0.4) is 0 Å². The summed E-state index contributed by atoms with van der Waals surface area (Å²) in [7, 11) is -3.68. The zero-order chi connectivity index (χ0) is 24.2. The number of benzene rings is 2. The molecule has 1 aromatic heterocycles. The Morgan fingerprint density at radius 3 is 2.33 bits per heavy atom. The maximum Gasteiger partial charge on any atom is 0.416 e. The standard InChI is InChI=1S/C24H24F3NO4S/c1-16(2)12-17-6-9-21(10-7-17)33(30,31)15-20-8-11-22(32-20)23(29)28-14-18-4-3-5-19(13-18)24(25,26)27/h3-11,13,16H,12,14-15H2,1-2H3,(H,28,29). The summed E-state index contributed by atoms with van der Waals surface area (Å²) in [5.74, 6) is -0.662. The normalized spacial score (nSPS) is 12.2. The molecule has 0 saturated heterocycles. The molecule has 0 bridgehead atoms. The SMILES string of the molecule is CC(C)Cc1ccc(S(=O)(=O)Cc2ccc(C(=O)NCc3cccc(C(F)(F)F)c3)o2)cc1. The van der Waals surface area contributed by atoms with Crippen molar-refractivity contribution in [2.24, 2.45) is 5.92 Å².